The van der Waals surface area contributed by atoms with Crippen LogP contribution in [-0.4, -0.2) is 46.6 Å². The molecule has 2 bridgehead atoms. The van der Waals surface area contributed by atoms with Crippen LogP contribution in [0.5, 0.6) is 0 Å². The summed E-state index contributed by atoms with van der Waals surface area (Å²) in [4.78, 5) is 14.2. The molecule has 0 radical (unpaired) electrons. The summed E-state index contributed by atoms with van der Waals surface area (Å²) in [5, 5.41) is 9.62. The Morgan fingerprint density at radius 3 is 3.00 bits per heavy atom. The van der Waals surface area contributed by atoms with Crippen LogP contribution in [0.3, 0.4) is 0 Å². The molecule has 6 heteroatoms. The molecule has 0 aromatic carbocycles. The molecular weight excluding hydrogens is 326 g/mol. The highest BCUT2D eigenvalue weighted by Crippen LogP contribution is 2.36. The predicted molar refractivity (Wildman–Crippen MR) is 96.5 cm³/mol. The van der Waals surface area contributed by atoms with Crippen molar-refractivity contribution >= 4 is 5.82 Å². The van der Waals surface area contributed by atoms with Crippen molar-refractivity contribution in [2.75, 3.05) is 24.6 Å². The number of piperazine rings is 1. The summed E-state index contributed by atoms with van der Waals surface area (Å²) in [6, 6.07) is 11.4. The molecule has 3 aliphatic rings. The van der Waals surface area contributed by atoms with Crippen LogP contribution >= 0.6 is 0 Å². The van der Waals surface area contributed by atoms with Crippen molar-refractivity contribution in [1.29, 1.82) is 5.26 Å². The highest BCUT2D eigenvalue weighted by atomic mass is 16.5. The van der Waals surface area contributed by atoms with Gasteiger partial charge in [-0.25, -0.2) is 4.98 Å². The minimum atomic E-state index is 0.432. The van der Waals surface area contributed by atoms with Crippen LogP contribution in [-0.2, 0) is 24.3 Å². The van der Waals surface area contributed by atoms with Crippen LogP contribution in [0, 0.1) is 11.3 Å². The lowest BCUT2D eigenvalue weighted by Gasteiger charge is -2.35. The molecule has 0 N–H and O–H groups in total. The zero-order chi connectivity index (χ0) is 17.5. The lowest BCUT2D eigenvalue weighted by atomic mass is 10.1. The number of aromatic nitrogens is 2. The molecule has 2 aromatic rings. The summed E-state index contributed by atoms with van der Waals surface area (Å²) < 4.78 is 5.51. The van der Waals surface area contributed by atoms with Gasteiger partial charge in [0.05, 0.1) is 30.2 Å². The van der Waals surface area contributed by atoms with Crippen molar-refractivity contribution in [3.05, 3.63) is 53.0 Å². The van der Waals surface area contributed by atoms with Gasteiger partial charge in [0.15, 0.2) is 0 Å². The Morgan fingerprint density at radius 2 is 2.23 bits per heavy atom. The number of anilines is 1. The zero-order valence-corrected chi connectivity index (χ0v) is 14.6. The quantitative estimate of drug-likeness (QED) is 0.845. The van der Waals surface area contributed by atoms with Crippen LogP contribution in [0.2, 0.25) is 0 Å². The lowest BCUT2D eigenvalue weighted by Crippen LogP contribution is -2.46. The number of fused-ring (bicyclic) bond motifs is 3. The average Bonchev–Trinajstić information content (AvgIpc) is 3.28. The molecule has 3 aliphatic heterocycles. The van der Waals surface area contributed by atoms with E-state index in [4.69, 9.17) is 9.72 Å². The summed E-state index contributed by atoms with van der Waals surface area (Å²) in [5.41, 5.74) is 3.96. The molecule has 132 valence electrons. The van der Waals surface area contributed by atoms with Gasteiger partial charge in [0, 0.05) is 49.9 Å². The highest BCUT2D eigenvalue weighted by molar-refractivity contribution is 5.58. The molecule has 0 aliphatic carbocycles. The van der Waals surface area contributed by atoms with Crippen molar-refractivity contribution in [2.24, 2.45) is 0 Å². The summed E-state index contributed by atoms with van der Waals surface area (Å²) in [5.74, 6) is 0.873. The third-order valence-corrected chi connectivity index (χ3v) is 5.75. The first-order valence-corrected chi connectivity index (χ1v) is 9.23. The fourth-order valence-electron chi connectivity index (χ4n) is 4.48. The molecule has 5 heterocycles. The fourth-order valence-corrected chi connectivity index (χ4v) is 4.48. The fraction of sp³-hybridized carbons (Fsp3) is 0.450. The van der Waals surface area contributed by atoms with Crippen molar-refractivity contribution in [3.8, 4) is 6.07 Å². The molecule has 2 fully saturated rings. The van der Waals surface area contributed by atoms with Gasteiger partial charge in [0.1, 0.15) is 11.9 Å². The summed E-state index contributed by atoms with van der Waals surface area (Å²) in [6.07, 6.45) is 3.83. The monoisotopic (exact) mass is 347 g/mol. The predicted octanol–water partition coefficient (Wildman–Crippen LogP) is 1.88. The van der Waals surface area contributed by atoms with E-state index in [2.05, 4.69) is 26.9 Å². The largest absolute Gasteiger partial charge is 0.376 e. The second kappa shape index (κ2) is 6.35. The van der Waals surface area contributed by atoms with Gasteiger partial charge < -0.3 is 9.64 Å². The molecule has 2 aromatic heterocycles. The van der Waals surface area contributed by atoms with Crippen LogP contribution in [0.25, 0.3) is 0 Å². The Morgan fingerprint density at radius 1 is 1.27 bits per heavy atom. The second-order valence-corrected chi connectivity index (χ2v) is 7.33. The van der Waals surface area contributed by atoms with E-state index in [1.165, 1.54) is 0 Å². The molecule has 2 atom stereocenters. The standard InChI is InChI=1S/C20H21N5O/c21-9-14-7-15-13-26-6-4-19(15)23-20(14)25-12-17-8-18(25)11-24(17)10-16-3-1-2-5-22-16/h1-3,5,7,17-18H,4,6,8,10-13H2. The van der Waals surface area contributed by atoms with Gasteiger partial charge in [0.2, 0.25) is 0 Å². The van der Waals surface area contributed by atoms with Crippen molar-refractivity contribution in [2.45, 2.75) is 38.1 Å². The molecule has 5 rings (SSSR count). The Labute approximate surface area is 153 Å². The first kappa shape index (κ1) is 15.7. The number of hydrogen-bond acceptors (Lipinski definition) is 6. The summed E-state index contributed by atoms with van der Waals surface area (Å²) >= 11 is 0. The minimum Gasteiger partial charge on any atom is -0.376 e. The van der Waals surface area contributed by atoms with E-state index in [-0.39, 0.29) is 0 Å². The maximum atomic E-state index is 9.62. The second-order valence-electron chi connectivity index (χ2n) is 7.33. The maximum Gasteiger partial charge on any atom is 0.147 e. The van der Waals surface area contributed by atoms with E-state index in [0.717, 1.165) is 61.9 Å². The number of nitrogens with zero attached hydrogens (tertiary/aromatic N) is 5. The van der Waals surface area contributed by atoms with Crippen molar-refractivity contribution in [3.63, 3.8) is 0 Å². The van der Waals surface area contributed by atoms with Crippen LogP contribution in [0.4, 0.5) is 5.82 Å². The van der Waals surface area contributed by atoms with Gasteiger partial charge in [-0.2, -0.15) is 5.26 Å². The third kappa shape index (κ3) is 2.64. The molecule has 2 saturated heterocycles. The number of hydrogen-bond donors (Lipinski definition) is 0. The third-order valence-electron chi connectivity index (χ3n) is 5.75. The first-order valence-electron chi connectivity index (χ1n) is 9.23. The SMILES string of the molecule is N#Cc1cc2c(nc1N1CC3CC1CN3Cc1ccccn1)CCOC2. The topological polar surface area (TPSA) is 65.3 Å². The lowest BCUT2D eigenvalue weighted by molar-refractivity contribution is 0.109. The van der Waals surface area contributed by atoms with Crippen LogP contribution in [0.1, 0.15) is 28.9 Å². The molecule has 6 nitrogen and oxygen atoms in total. The number of ether oxygens (including phenoxy) is 1. The van der Waals surface area contributed by atoms with Gasteiger partial charge in [-0.1, -0.05) is 6.07 Å². The van der Waals surface area contributed by atoms with Gasteiger partial charge in [0.25, 0.3) is 0 Å². The van der Waals surface area contributed by atoms with Gasteiger partial charge in [-0.05, 0) is 24.6 Å². The number of nitriles is 1. The number of rotatable bonds is 3. The van der Waals surface area contributed by atoms with Gasteiger partial charge >= 0.3 is 0 Å². The molecule has 0 spiro atoms. The van der Waals surface area contributed by atoms with Crippen LogP contribution < -0.4 is 4.90 Å². The minimum absolute atomic E-state index is 0.432. The molecule has 26 heavy (non-hydrogen) atoms. The van der Waals surface area contributed by atoms with E-state index in [9.17, 15) is 5.26 Å². The molecule has 2 unspecified atom stereocenters. The Kier molecular flexibility index (Phi) is 3.84. The molecular formula is C20H21N5O. The smallest absolute Gasteiger partial charge is 0.147 e. The molecule has 0 saturated carbocycles. The maximum absolute atomic E-state index is 9.62. The van der Waals surface area contributed by atoms with E-state index in [1.807, 2.05) is 24.4 Å². The first-order chi connectivity index (χ1) is 12.8. The van der Waals surface area contributed by atoms with Gasteiger partial charge in [-0.15, -0.1) is 0 Å². The van der Waals surface area contributed by atoms with Crippen LogP contribution in [0.15, 0.2) is 30.5 Å². The van der Waals surface area contributed by atoms with Gasteiger partial charge in [-0.3, -0.25) is 9.88 Å². The Bertz CT molecular complexity index is 862. The summed E-state index contributed by atoms with van der Waals surface area (Å²) in [6.45, 7) is 4.13. The van der Waals surface area contributed by atoms with E-state index in [1.54, 1.807) is 0 Å². The van der Waals surface area contributed by atoms with E-state index in [0.29, 0.717) is 24.3 Å². The zero-order valence-electron chi connectivity index (χ0n) is 14.6. The normalized spacial score (nSPS) is 24.5. The number of likely N-dealkylation sites (tertiary alicyclic amines) is 1. The van der Waals surface area contributed by atoms with Crippen molar-refractivity contribution in [1.82, 2.24) is 14.9 Å². The number of pyridine rings is 2. The Balaban J connectivity index is 1.37. The summed E-state index contributed by atoms with van der Waals surface area (Å²) in [7, 11) is 0. The Hall–Kier alpha value is -2.49. The highest BCUT2D eigenvalue weighted by Gasteiger charge is 2.44. The molecule has 0 amide bonds. The van der Waals surface area contributed by atoms with E-state index >= 15 is 0 Å². The van der Waals surface area contributed by atoms with E-state index < -0.39 is 0 Å². The average molecular weight is 347 g/mol. The van der Waals surface area contributed by atoms with Crippen molar-refractivity contribution < 1.29 is 4.74 Å².